The molecule has 0 aliphatic rings. The molecule has 1 aromatic carbocycles. The number of benzene rings is 1. The number of amides is 1. The molecule has 0 spiro atoms. The van der Waals surface area contributed by atoms with E-state index < -0.39 is 0 Å². The molecule has 0 bridgehead atoms. The van der Waals surface area contributed by atoms with E-state index in [9.17, 15) is 4.79 Å². The molecule has 0 unspecified atom stereocenters. The maximum absolute atomic E-state index is 11.1. The fourth-order valence-corrected chi connectivity index (χ4v) is 2.17. The topological polar surface area (TPSA) is 46.3 Å². The van der Waals surface area contributed by atoms with E-state index in [1.807, 2.05) is 18.2 Å². The van der Waals surface area contributed by atoms with Gasteiger partial charge in [0, 0.05) is 24.4 Å². The lowest BCUT2D eigenvalue weighted by molar-refractivity contribution is -0.114. The molecule has 0 saturated carbocycles. The monoisotopic (exact) mass is 288 g/mol. The fraction of sp³-hybridized carbons (Fsp3) is 0.500. The second-order valence-corrected chi connectivity index (χ2v) is 5.48. The highest BCUT2D eigenvalue weighted by Crippen LogP contribution is 2.18. The van der Waals surface area contributed by atoms with Crippen molar-refractivity contribution in [2.75, 3.05) is 18.0 Å². The van der Waals surface area contributed by atoms with Crippen LogP contribution in [-0.4, -0.2) is 19.0 Å². The number of carbonyl (C=O) groups excluding carboxylic acids is 1. The molecule has 0 aliphatic carbocycles. The normalized spacial score (nSPS) is 11.5. The number of hydrogen-bond acceptors (Lipinski definition) is 2. The standard InChI is InChI=1S/C18H28N2O/c1-4-6-12-20(13-7-5-2)17-10-8-16(9-11-17)14-15(3)18(19)21/h8-11,14H,4-7,12-13H2,1-3H3,(H2,19,21). The van der Waals surface area contributed by atoms with Gasteiger partial charge in [-0.1, -0.05) is 38.8 Å². The SMILES string of the molecule is CCCCN(CCCC)c1ccc(C=C(C)C(N)=O)cc1. The minimum Gasteiger partial charge on any atom is -0.372 e. The number of unbranched alkanes of at least 4 members (excludes halogenated alkanes) is 2. The number of anilines is 1. The third kappa shape index (κ3) is 6.03. The zero-order valence-electron chi connectivity index (χ0n) is 13.6. The Kier molecular flexibility index (Phi) is 7.59. The molecule has 3 heteroatoms. The third-order valence-corrected chi connectivity index (χ3v) is 3.59. The highest BCUT2D eigenvalue weighted by atomic mass is 16.1. The van der Waals surface area contributed by atoms with Crippen LogP contribution in [0.3, 0.4) is 0 Å². The van der Waals surface area contributed by atoms with Gasteiger partial charge in [0.05, 0.1) is 0 Å². The minimum atomic E-state index is -0.369. The molecule has 0 radical (unpaired) electrons. The average molecular weight is 288 g/mol. The molecule has 0 atom stereocenters. The van der Waals surface area contributed by atoms with E-state index in [1.54, 1.807) is 6.92 Å². The van der Waals surface area contributed by atoms with Crippen LogP contribution in [0.5, 0.6) is 0 Å². The average Bonchev–Trinajstić information content (AvgIpc) is 2.48. The predicted octanol–water partition coefficient (Wildman–Crippen LogP) is 3.98. The minimum absolute atomic E-state index is 0.369. The van der Waals surface area contributed by atoms with Gasteiger partial charge in [0.25, 0.3) is 0 Å². The van der Waals surface area contributed by atoms with Gasteiger partial charge in [-0.3, -0.25) is 4.79 Å². The van der Waals surface area contributed by atoms with Gasteiger partial charge in [0.15, 0.2) is 0 Å². The Morgan fingerprint density at radius 3 is 2.05 bits per heavy atom. The Labute approximate surface area is 128 Å². The van der Waals surface area contributed by atoms with Gasteiger partial charge in [-0.05, 0) is 43.5 Å². The predicted molar refractivity (Wildman–Crippen MR) is 91.3 cm³/mol. The van der Waals surface area contributed by atoms with Crippen molar-refractivity contribution >= 4 is 17.7 Å². The lowest BCUT2D eigenvalue weighted by Crippen LogP contribution is -2.25. The summed E-state index contributed by atoms with van der Waals surface area (Å²) < 4.78 is 0. The highest BCUT2D eigenvalue weighted by molar-refractivity contribution is 5.95. The first-order valence-corrected chi connectivity index (χ1v) is 7.91. The molecule has 0 saturated heterocycles. The molecule has 21 heavy (non-hydrogen) atoms. The number of rotatable bonds is 9. The van der Waals surface area contributed by atoms with Crippen LogP contribution in [0.2, 0.25) is 0 Å². The smallest absolute Gasteiger partial charge is 0.244 e. The fourth-order valence-electron chi connectivity index (χ4n) is 2.17. The maximum Gasteiger partial charge on any atom is 0.244 e. The van der Waals surface area contributed by atoms with Crippen LogP contribution in [0.1, 0.15) is 52.0 Å². The second kappa shape index (κ2) is 9.22. The molecular formula is C18H28N2O. The van der Waals surface area contributed by atoms with Gasteiger partial charge in [-0.25, -0.2) is 0 Å². The van der Waals surface area contributed by atoms with Crippen molar-refractivity contribution in [1.82, 2.24) is 0 Å². The molecule has 0 aromatic heterocycles. The van der Waals surface area contributed by atoms with Gasteiger partial charge in [-0.15, -0.1) is 0 Å². The Balaban J connectivity index is 2.81. The Morgan fingerprint density at radius 1 is 1.10 bits per heavy atom. The quantitative estimate of drug-likeness (QED) is 0.699. The Morgan fingerprint density at radius 2 is 1.62 bits per heavy atom. The number of carbonyl (C=O) groups is 1. The first-order valence-electron chi connectivity index (χ1n) is 7.91. The molecule has 1 rings (SSSR count). The number of nitrogens with zero attached hydrogens (tertiary/aromatic N) is 1. The maximum atomic E-state index is 11.1. The molecule has 0 heterocycles. The summed E-state index contributed by atoms with van der Waals surface area (Å²) in [6, 6.07) is 8.36. The van der Waals surface area contributed by atoms with Crippen molar-refractivity contribution in [3.05, 3.63) is 35.4 Å². The van der Waals surface area contributed by atoms with Gasteiger partial charge >= 0.3 is 0 Å². The lowest BCUT2D eigenvalue weighted by Gasteiger charge is -2.24. The molecule has 0 fully saturated rings. The van der Waals surface area contributed by atoms with Crippen molar-refractivity contribution in [1.29, 1.82) is 0 Å². The van der Waals surface area contributed by atoms with E-state index in [4.69, 9.17) is 5.73 Å². The van der Waals surface area contributed by atoms with E-state index in [0.717, 1.165) is 18.7 Å². The zero-order chi connectivity index (χ0) is 15.7. The number of primary amides is 1. The summed E-state index contributed by atoms with van der Waals surface area (Å²) in [5.41, 5.74) is 8.11. The van der Waals surface area contributed by atoms with Crippen LogP contribution < -0.4 is 10.6 Å². The largest absolute Gasteiger partial charge is 0.372 e. The first-order chi connectivity index (χ1) is 10.1. The Bertz CT molecular complexity index is 455. The third-order valence-electron chi connectivity index (χ3n) is 3.59. The van der Waals surface area contributed by atoms with E-state index in [-0.39, 0.29) is 5.91 Å². The van der Waals surface area contributed by atoms with Gasteiger partial charge in [-0.2, -0.15) is 0 Å². The van der Waals surface area contributed by atoms with Crippen molar-refractivity contribution < 1.29 is 4.79 Å². The molecular weight excluding hydrogens is 260 g/mol. The van der Waals surface area contributed by atoms with Crippen LogP contribution in [0.25, 0.3) is 6.08 Å². The molecule has 1 amide bonds. The van der Waals surface area contributed by atoms with Crippen LogP contribution >= 0.6 is 0 Å². The first kappa shape index (κ1) is 17.3. The van der Waals surface area contributed by atoms with E-state index in [0.29, 0.717) is 5.57 Å². The van der Waals surface area contributed by atoms with E-state index >= 15 is 0 Å². The summed E-state index contributed by atoms with van der Waals surface area (Å²) >= 11 is 0. The number of nitrogens with two attached hydrogens (primary N) is 1. The van der Waals surface area contributed by atoms with Crippen molar-refractivity contribution in [3.63, 3.8) is 0 Å². The number of hydrogen-bond donors (Lipinski definition) is 1. The van der Waals surface area contributed by atoms with Crippen LogP contribution in [0, 0.1) is 0 Å². The van der Waals surface area contributed by atoms with E-state index in [1.165, 1.54) is 31.4 Å². The van der Waals surface area contributed by atoms with Crippen molar-refractivity contribution in [2.24, 2.45) is 5.73 Å². The van der Waals surface area contributed by atoms with E-state index in [2.05, 4.69) is 30.9 Å². The zero-order valence-corrected chi connectivity index (χ0v) is 13.6. The lowest BCUT2D eigenvalue weighted by atomic mass is 10.1. The molecule has 2 N–H and O–H groups in total. The molecule has 1 aromatic rings. The van der Waals surface area contributed by atoms with Crippen LogP contribution in [0.4, 0.5) is 5.69 Å². The second-order valence-electron chi connectivity index (χ2n) is 5.48. The summed E-state index contributed by atoms with van der Waals surface area (Å²) in [6.07, 6.45) is 6.68. The van der Waals surface area contributed by atoms with Crippen molar-refractivity contribution in [3.8, 4) is 0 Å². The summed E-state index contributed by atoms with van der Waals surface area (Å²) in [7, 11) is 0. The van der Waals surface area contributed by atoms with Gasteiger partial charge in [0.1, 0.15) is 0 Å². The summed E-state index contributed by atoms with van der Waals surface area (Å²) in [5.74, 6) is -0.369. The van der Waals surface area contributed by atoms with Crippen LogP contribution in [0.15, 0.2) is 29.8 Å². The van der Waals surface area contributed by atoms with Gasteiger partial charge < -0.3 is 10.6 Å². The summed E-state index contributed by atoms with van der Waals surface area (Å²) in [6.45, 7) is 8.39. The Hall–Kier alpha value is -1.77. The highest BCUT2D eigenvalue weighted by Gasteiger charge is 2.05. The summed E-state index contributed by atoms with van der Waals surface area (Å²) in [4.78, 5) is 13.5. The molecule has 3 nitrogen and oxygen atoms in total. The van der Waals surface area contributed by atoms with Crippen molar-refractivity contribution in [2.45, 2.75) is 46.5 Å². The summed E-state index contributed by atoms with van der Waals surface area (Å²) in [5, 5.41) is 0. The molecule has 116 valence electrons. The van der Waals surface area contributed by atoms with Gasteiger partial charge in [0.2, 0.25) is 5.91 Å². The molecule has 0 aliphatic heterocycles. The van der Waals surface area contributed by atoms with Crippen LogP contribution in [-0.2, 0) is 4.79 Å².